The molecule has 0 aliphatic carbocycles. The number of aromatic nitrogens is 3. The number of nitrogens with zero attached hydrogens (tertiary/aromatic N) is 7. The number of halogens is 2. The third-order valence-electron chi connectivity index (χ3n) is 8.70. The maximum atomic E-state index is 16.6. The Bertz CT molecular complexity index is 1720. The molecule has 40 heavy (non-hydrogen) atoms. The number of nitrogen functional groups attached to an aromatic ring is 1. The summed E-state index contributed by atoms with van der Waals surface area (Å²) in [5, 5.41) is 10.8. The molecular formula is C28H28F2N8OS. The summed E-state index contributed by atoms with van der Waals surface area (Å²) in [6, 6.07) is 2.95. The molecule has 3 aliphatic heterocycles. The van der Waals surface area contributed by atoms with Crippen molar-refractivity contribution < 1.29 is 13.5 Å². The largest absolute Gasteiger partial charge is 0.389 e. The van der Waals surface area contributed by atoms with Gasteiger partial charge in [-0.15, -0.1) is 11.3 Å². The third-order valence-corrected chi connectivity index (χ3v) is 9.72. The fourth-order valence-electron chi connectivity index (χ4n) is 6.49. The zero-order valence-electron chi connectivity index (χ0n) is 22.2. The third kappa shape index (κ3) is 3.83. The second-order valence-corrected chi connectivity index (χ2v) is 12.0. The molecule has 2 saturated heterocycles. The van der Waals surface area contributed by atoms with Crippen LogP contribution in [-0.4, -0.2) is 77.1 Å². The molecule has 0 unspecified atom stereocenters. The van der Waals surface area contributed by atoms with Crippen LogP contribution in [0, 0.1) is 23.0 Å². The van der Waals surface area contributed by atoms with Crippen molar-refractivity contribution >= 4 is 43.3 Å². The predicted molar refractivity (Wildman–Crippen MR) is 150 cm³/mol. The Labute approximate surface area is 233 Å². The number of likely N-dealkylation sites (tertiary alicyclic amines) is 1. The number of ether oxygens (including phenoxy) is 1. The van der Waals surface area contributed by atoms with Gasteiger partial charge in [-0.3, -0.25) is 9.88 Å². The number of likely N-dealkylation sites (N-methyl/N-ethyl adjacent to an activating group) is 2. The van der Waals surface area contributed by atoms with Crippen LogP contribution in [0.15, 0.2) is 12.4 Å². The number of hydrogen-bond acceptors (Lipinski definition) is 10. The maximum Gasteiger partial charge on any atom is 0.226 e. The fraction of sp³-hybridized carbons (Fsp3) is 0.429. The van der Waals surface area contributed by atoms with Crippen molar-refractivity contribution in [3.05, 3.63) is 40.7 Å². The molecule has 12 heteroatoms. The molecule has 0 saturated carbocycles. The summed E-state index contributed by atoms with van der Waals surface area (Å²) in [4.78, 5) is 20.6. The lowest BCUT2D eigenvalue weighted by atomic mass is 9.94. The first-order valence-corrected chi connectivity index (χ1v) is 14.2. The minimum absolute atomic E-state index is 0.0956. The average Bonchev–Trinajstić information content (AvgIpc) is 3.76. The normalized spacial score (nSPS) is 21.2. The molecule has 2 N–H and O–H groups in total. The van der Waals surface area contributed by atoms with Crippen LogP contribution in [0.25, 0.3) is 32.2 Å². The molecule has 206 valence electrons. The first-order valence-electron chi connectivity index (χ1n) is 13.4. The highest BCUT2D eigenvalue weighted by molar-refractivity contribution is 7.23. The predicted octanol–water partition coefficient (Wildman–Crippen LogP) is 3.88. The molecule has 7 rings (SSSR count). The van der Waals surface area contributed by atoms with Crippen molar-refractivity contribution in [2.75, 3.05) is 50.9 Å². The minimum atomic E-state index is -0.603. The number of thiophene rings is 1. The lowest BCUT2D eigenvalue weighted by Crippen LogP contribution is -2.43. The molecule has 2 atom stereocenters. The van der Waals surface area contributed by atoms with Crippen LogP contribution in [0.3, 0.4) is 0 Å². The van der Waals surface area contributed by atoms with E-state index in [4.69, 9.17) is 15.5 Å². The number of nitrogens with two attached hydrogens (primary N) is 1. The van der Waals surface area contributed by atoms with Gasteiger partial charge in [-0.05, 0) is 44.6 Å². The first kappa shape index (κ1) is 25.5. The topological polar surface area (TPSA) is 107 Å². The monoisotopic (exact) mass is 562 g/mol. The Morgan fingerprint density at radius 3 is 2.67 bits per heavy atom. The summed E-state index contributed by atoms with van der Waals surface area (Å²) in [6.45, 7) is 4.16. The fourth-order valence-corrected chi connectivity index (χ4v) is 7.41. The highest BCUT2D eigenvalue weighted by Gasteiger charge is 2.34. The van der Waals surface area contributed by atoms with Crippen molar-refractivity contribution in [3.8, 4) is 17.3 Å². The quantitative estimate of drug-likeness (QED) is 0.396. The van der Waals surface area contributed by atoms with E-state index in [9.17, 15) is 9.65 Å². The van der Waals surface area contributed by atoms with E-state index in [1.54, 1.807) is 6.20 Å². The van der Waals surface area contributed by atoms with E-state index < -0.39 is 11.6 Å². The van der Waals surface area contributed by atoms with Gasteiger partial charge in [0, 0.05) is 54.3 Å². The molecule has 0 amide bonds. The Hall–Kier alpha value is -3.50. The van der Waals surface area contributed by atoms with Gasteiger partial charge in [-0.25, -0.2) is 18.7 Å². The van der Waals surface area contributed by atoms with Gasteiger partial charge in [0.1, 0.15) is 16.6 Å². The summed E-state index contributed by atoms with van der Waals surface area (Å²) in [5.74, 6) is -0.711. The minimum Gasteiger partial charge on any atom is -0.389 e. The summed E-state index contributed by atoms with van der Waals surface area (Å²) in [5.41, 5.74) is 8.04. The Morgan fingerprint density at radius 2 is 1.90 bits per heavy atom. The molecular weight excluding hydrogens is 534 g/mol. The van der Waals surface area contributed by atoms with Gasteiger partial charge in [0.25, 0.3) is 0 Å². The SMILES string of the molecule is CN1CC[C@H](N(C)[C@@H]2CCN(c3ncc4c5c(c(-c6ncc(F)c7sc(N)c(C#N)c67)c(F)c4n3)COC5)C2)C1. The van der Waals surface area contributed by atoms with Crippen LogP contribution in [0.5, 0.6) is 0 Å². The van der Waals surface area contributed by atoms with Crippen molar-refractivity contribution in [3.63, 3.8) is 0 Å². The van der Waals surface area contributed by atoms with Crippen molar-refractivity contribution in [2.45, 2.75) is 38.1 Å². The number of hydrogen-bond donors (Lipinski definition) is 1. The average molecular weight is 563 g/mol. The van der Waals surface area contributed by atoms with Crippen LogP contribution >= 0.6 is 11.3 Å². The van der Waals surface area contributed by atoms with Gasteiger partial charge in [-0.1, -0.05) is 0 Å². The van der Waals surface area contributed by atoms with E-state index in [0.29, 0.717) is 29.0 Å². The molecule has 2 fully saturated rings. The van der Waals surface area contributed by atoms with E-state index in [2.05, 4.69) is 38.8 Å². The Morgan fingerprint density at radius 1 is 1.12 bits per heavy atom. The number of anilines is 2. The summed E-state index contributed by atoms with van der Waals surface area (Å²) >= 11 is 0.960. The zero-order valence-corrected chi connectivity index (χ0v) is 23.1. The molecule has 9 nitrogen and oxygen atoms in total. The van der Waals surface area contributed by atoms with Gasteiger partial charge < -0.3 is 20.3 Å². The number of rotatable bonds is 4. The van der Waals surface area contributed by atoms with E-state index in [-0.39, 0.29) is 50.6 Å². The van der Waals surface area contributed by atoms with Gasteiger partial charge in [0.05, 0.1) is 35.4 Å². The molecule has 0 spiro atoms. The van der Waals surface area contributed by atoms with E-state index >= 15 is 4.39 Å². The summed E-state index contributed by atoms with van der Waals surface area (Å²) < 4.78 is 37.2. The molecule has 0 radical (unpaired) electrons. The van der Waals surface area contributed by atoms with Crippen LogP contribution in [-0.2, 0) is 18.0 Å². The molecule has 3 aliphatic rings. The maximum absolute atomic E-state index is 16.6. The highest BCUT2D eigenvalue weighted by atomic mass is 32.1. The molecule has 3 aromatic heterocycles. The van der Waals surface area contributed by atoms with Crippen LogP contribution in [0.4, 0.5) is 19.7 Å². The molecule has 0 bridgehead atoms. The van der Waals surface area contributed by atoms with Gasteiger partial charge in [-0.2, -0.15) is 5.26 Å². The van der Waals surface area contributed by atoms with Crippen molar-refractivity contribution in [2.24, 2.45) is 0 Å². The van der Waals surface area contributed by atoms with Crippen LogP contribution in [0.2, 0.25) is 0 Å². The number of benzene rings is 1. The van der Waals surface area contributed by atoms with Crippen molar-refractivity contribution in [1.29, 1.82) is 5.26 Å². The lowest BCUT2D eigenvalue weighted by Gasteiger charge is -2.30. The zero-order chi connectivity index (χ0) is 27.7. The summed E-state index contributed by atoms with van der Waals surface area (Å²) in [6.07, 6.45) is 4.87. The standard InChI is InChI=1S/C28H28F2N8OS/c1-36-5-3-14(10-36)37(2)15-4-6-38(11-15)28-34-8-17-18-12-39-13-19(18)21(23(30)24(17)35-28)25-22-16(7-31)27(32)40-26(22)20(29)9-33-25/h8-9,14-15H,3-6,10-13,32H2,1-2H3/t14-,15+/m0/s1. The lowest BCUT2D eigenvalue weighted by molar-refractivity contribution is 0.135. The van der Waals surface area contributed by atoms with Gasteiger partial charge >= 0.3 is 0 Å². The highest BCUT2D eigenvalue weighted by Crippen LogP contribution is 2.45. The second-order valence-electron chi connectivity index (χ2n) is 10.9. The second kappa shape index (κ2) is 9.55. The summed E-state index contributed by atoms with van der Waals surface area (Å²) in [7, 11) is 4.35. The van der Waals surface area contributed by atoms with E-state index in [1.165, 1.54) is 0 Å². The Balaban J connectivity index is 1.32. The van der Waals surface area contributed by atoms with Gasteiger partial charge in [0.2, 0.25) is 5.95 Å². The van der Waals surface area contributed by atoms with E-state index in [1.807, 2.05) is 6.07 Å². The smallest absolute Gasteiger partial charge is 0.226 e. The van der Waals surface area contributed by atoms with Gasteiger partial charge in [0.15, 0.2) is 11.6 Å². The van der Waals surface area contributed by atoms with Crippen LogP contribution in [0.1, 0.15) is 29.5 Å². The van der Waals surface area contributed by atoms with Crippen LogP contribution < -0.4 is 10.6 Å². The number of fused-ring (bicyclic) bond motifs is 4. The number of pyridine rings is 1. The molecule has 6 heterocycles. The van der Waals surface area contributed by atoms with Crippen molar-refractivity contribution in [1.82, 2.24) is 24.8 Å². The molecule has 1 aromatic carbocycles. The first-order chi connectivity index (χ1) is 19.4. The van der Waals surface area contributed by atoms with E-state index in [0.717, 1.165) is 62.1 Å². The number of nitriles is 1. The molecule has 4 aromatic rings. The Kier molecular flexibility index (Phi) is 6.08.